The van der Waals surface area contributed by atoms with E-state index in [4.69, 9.17) is 14.6 Å². The molecule has 8 heteroatoms. The van der Waals surface area contributed by atoms with Crippen molar-refractivity contribution in [3.8, 4) is 11.1 Å². The molecule has 3 aliphatic rings. The number of hydrogen-bond acceptors (Lipinski definition) is 5. The standard InChI is InChI=1S/C27H30N2O6/c30-25(31)11-12-29(18-9-10-18)26(32)17-13-19(34-15-17)14-28-27(33)35-16-24-22-7-3-1-5-20(22)21-6-2-4-8-23(21)24/h1-8,17-19,24H,9-16H2,(H,28,33)(H,30,31)/t17-,19-/m0/s1. The van der Waals surface area contributed by atoms with Gasteiger partial charge in [-0.05, 0) is 41.5 Å². The van der Waals surface area contributed by atoms with Gasteiger partial charge in [-0.3, -0.25) is 9.59 Å². The Balaban J connectivity index is 1.10. The third kappa shape index (κ3) is 5.17. The minimum absolute atomic E-state index is 0.00269. The molecule has 2 aliphatic carbocycles. The van der Waals surface area contributed by atoms with Crippen molar-refractivity contribution in [2.24, 2.45) is 5.92 Å². The van der Waals surface area contributed by atoms with Crippen LogP contribution < -0.4 is 5.32 Å². The number of nitrogens with zero attached hydrogens (tertiary/aromatic N) is 1. The van der Waals surface area contributed by atoms with E-state index in [0.717, 1.165) is 24.0 Å². The van der Waals surface area contributed by atoms with E-state index in [9.17, 15) is 14.4 Å². The molecule has 2 fully saturated rings. The Kier molecular flexibility index (Phi) is 6.72. The highest BCUT2D eigenvalue weighted by Crippen LogP contribution is 2.44. The number of rotatable bonds is 9. The predicted octanol–water partition coefficient (Wildman–Crippen LogP) is 3.40. The third-order valence-corrected chi connectivity index (χ3v) is 7.08. The average Bonchev–Trinajstić information content (AvgIpc) is 3.49. The minimum Gasteiger partial charge on any atom is -0.481 e. The highest BCUT2D eigenvalue weighted by atomic mass is 16.5. The summed E-state index contributed by atoms with van der Waals surface area (Å²) in [6.07, 6.45) is 1.51. The zero-order valence-electron chi connectivity index (χ0n) is 19.5. The molecule has 2 aromatic carbocycles. The number of carboxylic acids is 1. The van der Waals surface area contributed by atoms with Crippen molar-refractivity contribution in [1.82, 2.24) is 10.2 Å². The van der Waals surface area contributed by atoms with Gasteiger partial charge in [-0.1, -0.05) is 48.5 Å². The molecule has 2 aromatic rings. The van der Waals surface area contributed by atoms with Gasteiger partial charge in [-0.2, -0.15) is 0 Å². The number of fused-ring (bicyclic) bond motifs is 3. The molecule has 0 bridgehead atoms. The van der Waals surface area contributed by atoms with Crippen molar-refractivity contribution in [1.29, 1.82) is 0 Å². The van der Waals surface area contributed by atoms with Crippen molar-refractivity contribution in [3.63, 3.8) is 0 Å². The van der Waals surface area contributed by atoms with E-state index in [1.165, 1.54) is 11.1 Å². The van der Waals surface area contributed by atoms with Crippen LogP contribution in [0.15, 0.2) is 48.5 Å². The third-order valence-electron chi connectivity index (χ3n) is 7.08. The Morgan fingerprint density at radius 1 is 1.03 bits per heavy atom. The molecule has 8 nitrogen and oxygen atoms in total. The highest BCUT2D eigenvalue weighted by molar-refractivity contribution is 5.81. The first kappa shape index (κ1) is 23.4. The van der Waals surface area contributed by atoms with Gasteiger partial charge in [0.1, 0.15) is 6.61 Å². The fraction of sp³-hybridized carbons (Fsp3) is 0.444. The smallest absolute Gasteiger partial charge is 0.407 e. The Morgan fingerprint density at radius 2 is 1.69 bits per heavy atom. The van der Waals surface area contributed by atoms with Gasteiger partial charge in [0.15, 0.2) is 0 Å². The van der Waals surface area contributed by atoms with Gasteiger partial charge in [0.2, 0.25) is 5.91 Å². The second kappa shape index (κ2) is 10.1. The lowest BCUT2D eigenvalue weighted by atomic mass is 9.98. The molecule has 5 rings (SSSR count). The summed E-state index contributed by atoms with van der Waals surface area (Å²) in [7, 11) is 0. The van der Waals surface area contributed by atoms with Crippen LogP contribution in [0, 0.1) is 5.92 Å². The molecular weight excluding hydrogens is 448 g/mol. The first-order chi connectivity index (χ1) is 17.0. The maximum atomic E-state index is 12.9. The van der Waals surface area contributed by atoms with Crippen LogP contribution in [0.2, 0.25) is 0 Å². The molecule has 2 atom stereocenters. The summed E-state index contributed by atoms with van der Waals surface area (Å²) in [6, 6.07) is 16.5. The quantitative estimate of drug-likeness (QED) is 0.572. The molecule has 1 aliphatic heterocycles. The molecule has 35 heavy (non-hydrogen) atoms. The van der Waals surface area contributed by atoms with Crippen molar-refractivity contribution >= 4 is 18.0 Å². The van der Waals surface area contributed by atoms with Crippen LogP contribution in [0.3, 0.4) is 0 Å². The monoisotopic (exact) mass is 478 g/mol. The largest absolute Gasteiger partial charge is 0.481 e. The zero-order valence-corrected chi connectivity index (χ0v) is 19.5. The topological polar surface area (TPSA) is 105 Å². The Labute approximate surface area is 204 Å². The molecule has 0 unspecified atom stereocenters. The van der Waals surface area contributed by atoms with Crippen LogP contribution >= 0.6 is 0 Å². The van der Waals surface area contributed by atoms with Gasteiger partial charge in [-0.25, -0.2) is 4.79 Å². The minimum atomic E-state index is -0.906. The number of aliphatic carboxylic acids is 1. The van der Waals surface area contributed by atoms with E-state index in [1.54, 1.807) is 4.90 Å². The van der Waals surface area contributed by atoms with Crippen LogP contribution in [-0.2, 0) is 19.1 Å². The van der Waals surface area contributed by atoms with Gasteiger partial charge in [0.25, 0.3) is 0 Å². The van der Waals surface area contributed by atoms with Crippen molar-refractivity contribution < 1.29 is 29.0 Å². The molecular formula is C27H30N2O6. The second-order valence-electron chi connectivity index (χ2n) is 9.50. The fourth-order valence-corrected chi connectivity index (χ4v) is 5.18. The fourth-order valence-electron chi connectivity index (χ4n) is 5.18. The van der Waals surface area contributed by atoms with Gasteiger partial charge in [-0.15, -0.1) is 0 Å². The van der Waals surface area contributed by atoms with Gasteiger partial charge in [0.05, 0.1) is 25.0 Å². The van der Waals surface area contributed by atoms with Crippen LogP contribution in [-0.4, -0.2) is 66.4 Å². The summed E-state index contributed by atoms with van der Waals surface area (Å²) in [5.74, 6) is -1.26. The van der Waals surface area contributed by atoms with Crippen LogP contribution in [0.25, 0.3) is 11.1 Å². The number of benzene rings is 2. The zero-order chi connectivity index (χ0) is 24.4. The summed E-state index contributed by atoms with van der Waals surface area (Å²) >= 11 is 0. The van der Waals surface area contributed by atoms with Crippen molar-refractivity contribution in [2.45, 2.75) is 43.7 Å². The average molecular weight is 479 g/mol. The molecule has 0 radical (unpaired) electrons. The van der Waals surface area contributed by atoms with Gasteiger partial charge >= 0.3 is 12.1 Å². The van der Waals surface area contributed by atoms with E-state index in [1.807, 2.05) is 24.3 Å². The van der Waals surface area contributed by atoms with E-state index >= 15 is 0 Å². The first-order valence-corrected chi connectivity index (χ1v) is 12.2. The maximum Gasteiger partial charge on any atom is 0.407 e. The molecule has 1 saturated carbocycles. The van der Waals surface area contributed by atoms with Gasteiger partial charge < -0.3 is 24.8 Å². The molecule has 0 aromatic heterocycles. The molecule has 184 valence electrons. The number of ether oxygens (including phenoxy) is 2. The van der Waals surface area contributed by atoms with Crippen LogP contribution in [0.1, 0.15) is 42.7 Å². The van der Waals surface area contributed by atoms with E-state index in [2.05, 4.69) is 29.6 Å². The number of carbonyl (C=O) groups is 3. The number of nitrogens with one attached hydrogen (secondary N) is 1. The van der Waals surface area contributed by atoms with Crippen LogP contribution in [0.5, 0.6) is 0 Å². The number of alkyl carbamates (subject to hydrolysis) is 1. The molecule has 1 saturated heterocycles. The van der Waals surface area contributed by atoms with E-state index in [0.29, 0.717) is 6.42 Å². The Bertz CT molecular complexity index is 1070. The molecule has 0 spiro atoms. The maximum absolute atomic E-state index is 12.9. The number of hydrogen-bond donors (Lipinski definition) is 2. The number of carbonyl (C=O) groups excluding carboxylic acids is 2. The summed E-state index contributed by atoms with van der Waals surface area (Å²) in [5.41, 5.74) is 4.67. The number of carboxylic acid groups (broad SMARTS) is 1. The lowest BCUT2D eigenvalue weighted by Crippen LogP contribution is -2.39. The molecule has 1 heterocycles. The highest BCUT2D eigenvalue weighted by Gasteiger charge is 2.39. The van der Waals surface area contributed by atoms with E-state index in [-0.39, 0.29) is 62.6 Å². The van der Waals surface area contributed by atoms with Gasteiger partial charge in [0, 0.05) is 25.0 Å². The molecule has 2 N–H and O–H groups in total. The predicted molar refractivity (Wildman–Crippen MR) is 128 cm³/mol. The SMILES string of the molecule is O=C(O)CCN(C(=O)[C@@H]1CO[C@H](CNC(=O)OCC2c3ccccc3-c3ccccc32)C1)C1CC1. The van der Waals surface area contributed by atoms with Crippen molar-refractivity contribution in [2.75, 3.05) is 26.3 Å². The Hall–Kier alpha value is -3.39. The normalized spacial score (nSPS) is 20.7. The van der Waals surface area contributed by atoms with E-state index < -0.39 is 12.1 Å². The summed E-state index contributed by atoms with van der Waals surface area (Å²) in [4.78, 5) is 38.0. The lowest BCUT2D eigenvalue weighted by molar-refractivity contribution is -0.140. The first-order valence-electron chi connectivity index (χ1n) is 12.2. The Morgan fingerprint density at radius 3 is 2.31 bits per heavy atom. The van der Waals surface area contributed by atoms with Crippen molar-refractivity contribution in [3.05, 3.63) is 59.7 Å². The molecule has 2 amide bonds. The summed E-state index contributed by atoms with van der Waals surface area (Å²) < 4.78 is 11.3. The van der Waals surface area contributed by atoms with Crippen LogP contribution in [0.4, 0.5) is 4.79 Å². The number of amides is 2. The lowest BCUT2D eigenvalue weighted by Gasteiger charge is -2.24. The second-order valence-corrected chi connectivity index (χ2v) is 9.50. The summed E-state index contributed by atoms with van der Waals surface area (Å²) in [6.45, 7) is 1.02. The summed E-state index contributed by atoms with van der Waals surface area (Å²) in [5, 5.41) is 11.7.